The van der Waals surface area contributed by atoms with Gasteiger partial charge in [0.05, 0.1) is 0 Å². The first-order chi connectivity index (χ1) is 7.26. The minimum Gasteiger partial charge on any atom is -0.473 e. The average Bonchev–Trinajstić information content (AvgIpc) is 2.18. The Balaban J connectivity index is 2.70. The van der Waals surface area contributed by atoms with Crippen LogP contribution in [-0.2, 0) is 6.42 Å². The molecule has 0 aromatic carbocycles. The maximum Gasteiger partial charge on any atom is 0.218 e. The van der Waals surface area contributed by atoms with E-state index in [0.717, 1.165) is 23.3 Å². The molecule has 0 unspecified atom stereocenters. The van der Waals surface area contributed by atoms with E-state index in [9.17, 15) is 0 Å². The van der Waals surface area contributed by atoms with Crippen molar-refractivity contribution < 1.29 is 4.74 Å². The van der Waals surface area contributed by atoms with E-state index in [1.807, 2.05) is 19.1 Å². The quantitative estimate of drug-likeness (QED) is 0.609. The summed E-state index contributed by atoms with van der Waals surface area (Å²) in [6.45, 7) is 4.61. The highest BCUT2D eigenvalue weighted by molar-refractivity contribution is 9.10. The van der Waals surface area contributed by atoms with E-state index >= 15 is 0 Å². The number of ether oxygens (including phenoxy) is 1. The van der Waals surface area contributed by atoms with Crippen LogP contribution >= 0.6 is 15.9 Å². The van der Waals surface area contributed by atoms with Crippen molar-refractivity contribution in [2.75, 3.05) is 6.61 Å². The summed E-state index contributed by atoms with van der Waals surface area (Å²) in [5.41, 5.74) is 0. The molecule has 0 aliphatic carbocycles. The third-order valence-electron chi connectivity index (χ3n) is 1.75. The molecule has 15 heavy (non-hydrogen) atoms. The summed E-state index contributed by atoms with van der Waals surface area (Å²) >= 11 is 3.34. The summed E-state index contributed by atoms with van der Waals surface area (Å²) in [4.78, 5) is 8.56. The first-order valence-corrected chi connectivity index (χ1v) is 5.83. The Bertz CT molecular complexity index is 339. The summed E-state index contributed by atoms with van der Waals surface area (Å²) in [5, 5.41) is 0. The molecule has 0 amide bonds. The van der Waals surface area contributed by atoms with Gasteiger partial charge in [0, 0.05) is 12.5 Å². The monoisotopic (exact) mass is 270 g/mol. The van der Waals surface area contributed by atoms with Crippen LogP contribution in [0.4, 0.5) is 0 Å². The number of halogens is 1. The molecule has 0 spiro atoms. The Morgan fingerprint density at radius 3 is 2.93 bits per heavy atom. The van der Waals surface area contributed by atoms with Gasteiger partial charge in [-0.05, 0) is 29.3 Å². The van der Waals surface area contributed by atoms with Crippen LogP contribution in [-0.4, -0.2) is 16.6 Å². The SMILES string of the molecule is C/C=C/COc1cc(Br)nc(CCC)n1. The van der Waals surface area contributed by atoms with Gasteiger partial charge in [0.2, 0.25) is 5.88 Å². The molecule has 1 rings (SSSR count). The van der Waals surface area contributed by atoms with Gasteiger partial charge in [-0.25, -0.2) is 4.98 Å². The lowest BCUT2D eigenvalue weighted by atomic mass is 10.3. The molecule has 0 bridgehead atoms. The van der Waals surface area contributed by atoms with Crippen molar-refractivity contribution in [3.8, 4) is 5.88 Å². The lowest BCUT2D eigenvalue weighted by molar-refractivity contribution is 0.345. The zero-order valence-corrected chi connectivity index (χ0v) is 10.6. The van der Waals surface area contributed by atoms with Gasteiger partial charge < -0.3 is 4.74 Å². The van der Waals surface area contributed by atoms with Crippen LogP contribution in [0.25, 0.3) is 0 Å². The van der Waals surface area contributed by atoms with Crippen molar-refractivity contribution in [1.29, 1.82) is 0 Å². The normalized spacial score (nSPS) is 10.9. The molecule has 0 radical (unpaired) electrons. The minimum atomic E-state index is 0.547. The van der Waals surface area contributed by atoms with Crippen LogP contribution in [0.3, 0.4) is 0 Å². The van der Waals surface area contributed by atoms with Crippen molar-refractivity contribution in [3.63, 3.8) is 0 Å². The molecule has 0 atom stereocenters. The van der Waals surface area contributed by atoms with E-state index in [1.54, 1.807) is 6.07 Å². The molecular formula is C11H15BrN2O. The zero-order valence-electron chi connectivity index (χ0n) is 9.03. The van der Waals surface area contributed by atoms with Gasteiger partial charge >= 0.3 is 0 Å². The molecule has 0 fully saturated rings. The van der Waals surface area contributed by atoms with Gasteiger partial charge in [-0.2, -0.15) is 4.98 Å². The Labute approximate surface area is 98.7 Å². The van der Waals surface area contributed by atoms with Crippen LogP contribution < -0.4 is 4.74 Å². The zero-order chi connectivity index (χ0) is 11.1. The fourth-order valence-electron chi connectivity index (χ4n) is 1.08. The maximum atomic E-state index is 5.45. The Kier molecular flexibility index (Phi) is 5.32. The number of aryl methyl sites for hydroxylation is 1. The number of hydrogen-bond acceptors (Lipinski definition) is 3. The number of allylic oxidation sites excluding steroid dienone is 1. The lowest BCUT2D eigenvalue weighted by Crippen LogP contribution is -2.01. The molecule has 0 aliphatic heterocycles. The van der Waals surface area contributed by atoms with Crippen molar-refractivity contribution in [2.24, 2.45) is 0 Å². The highest BCUT2D eigenvalue weighted by atomic mass is 79.9. The maximum absolute atomic E-state index is 5.45. The Hall–Kier alpha value is -0.900. The minimum absolute atomic E-state index is 0.547. The number of hydrogen-bond donors (Lipinski definition) is 0. The molecule has 1 heterocycles. The summed E-state index contributed by atoms with van der Waals surface area (Å²) in [6.07, 6.45) is 5.79. The number of rotatable bonds is 5. The van der Waals surface area contributed by atoms with Gasteiger partial charge in [-0.3, -0.25) is 0 Å². The van der Waals surface area contributed by atoms with Crippen molar-refractivity contribution in [3.05, 3.63) is 28.6 Å². The predicted octanol–water partition coefficient (Wildman–Crippen LogP) is 3.15. The molecule has 0 saturated carbocycles. The molecule has 0 aliphatic rings. The van der Waals surface area contributed by atoms with Gasteiger partial charge in [0.25, 0.3) is 0 Å². The van der Waals surface area contributed by atoms with Gasteiger partial charge in [-0.15, -0.1) is 0 Å². The average molecular weight is 271 g/mol. The highest BCUT2D eigenvalue weighted by Gasteiger charge is 2.02. The topological polar surface area (TPSA) is 35.0 Å². The van der Waals surface area contributed by atoms with E-state index in [2.05, 4.69) is 32.8 Å². The fraction of sp³-hybridized carbons (Fsp3) is 0.455. The van der Waals surface area contributed by atoms with Crippen LogP contribution in [0.2, 0.25) is 0 Å². The van der Waals surface area contributed by atoms with Gasteiger partial charge in [-0.1, -0.05) is 19.1 Å². The molecule has 0 N–H and O–H groups in total. The predicted molar refractivity (Wildman–Crippen MR) is 64.0 cm³/mol. The van der Waals surface area contributed by atoms with Crippen LogP contribution in [0.5, 0.6) is 5.88 Å². The second kappa shape index (κ2) is 6.56. The largest absolute Gasteiger partial charge is 0.473 e. The van der Waals surface area contributed by atoms with Crippen molar-refractivity contribution >= 4 is 15.9 Å². The first kappa shape index (κ1) is 12.2. The second-order valence-corrected chi connectivity index (χ2v) is 3.89. The number of aromatic nitrogens is 2. The third-order valence-corrected chi connectivity index (χ3v) is 2.16. The van der Waals surface area contributed by atoms with E-state index in [-0.39, 0.29) is 0 Å². The molecule has 4 heteroatoms. The molecule has 1 aromatic heterocycles. The molecular weight excluding hydrogens is 256 g/mol. The van der Waals surface area contributed by atoms with E-state index in [1.165, 1.54) is 0 Å². The van der Waals surface area contributed by atoms with Crippen molar-refractivity contribution in [1.82, 2.24) is 9.97 Å². The van der Waals surface area contributed by atoms with Crippen molar-refractivity contribution in [2.45, 2.75) is 26.7 Å². The standard InChI is InChI=1S/C11H15BrN2O/c1-3-5-7-15-11-8-9(12)13-10(14-11)6-4-2/h3,5,8H,4,6-7H2,1-2H3/b5-3+. The van der Waals surface area contributed by atoms with Crippen LogP contribution in [0, 0.1) is 0 Å². The highest BCUT2D eigenvalue weighted by Crippen LogP contribution is 2.15. The summed E-state index contributed by atoms with van der Waals surface area (Å²) in [6, 6.07) is 1.78. The van der Waals surface area contributed by atoms with E-state index < -0.39 is 0 Å². The summed E-state index contributed by atoms with van der Waals surface area (Å²) in [5.74, 6) is 1.45. The molecule has 1 aromatic rings. The van der Waals surface area contributed by atoms with Gasteiger partial charge in [0.1, 0.15) is 17.0 Å². The van der Waals surface area contributed by atoms with Crippen LogP contribution in [0.1, 0.15) is 26.1 Å². The first-order valence-electron chi connectivity index (χ1n) is 5.03. The summed E-state index contributed by atoms with van der Waals surface area (Å²) < 4.78 is 6.22. The molecule has 0 saturated heterocycles. The fourth-order valence-corrected chi connectivity index (χ4v) is 1.48. The number of nitrogens with zero attached hydrogens (tertiary/aromatic N) is 2. The van der Waals surface area contributed by atoms with Gasteiger partial charge in [0.15, 0.2) is 0 Å². The molecule has 82 valence electrons. The molecule has 3 nitrogen and oxygen atoms in total. The Morgan fingerprint density at radius 1 is 1.47 bits per heavy atom. The Morgan fingerprint density at radius 2 is 2.27 bits per heavy atom. The lowest BCUT2D eigenvalue weighted by Gasteiger charge is -2.04. The second-order valence-electron chi connectivity index (χ2n) is 3.08. The van der Waals surface area contributed by atoms with Crippen LogP contribution in [0.15, 0.2) is 22.8 Å². The smallest absolute Gasteiger partial charge is 0.218 e. The third kappa shape index (κ3) is 4.42. The van der Waals surface area contributed by atoms with E-state index in [4.69, 9.17) is 4.74 Å². The van der Waals surface area contributed by atoms with E-state index in [0.29, 0.717) is 12.5 Å². The summed E-state index contributed by atoms with van der Waals surface area (Å²) in [7, 11) is 0.